The molecule has 0 heterocycles. The van der Waals surface area contributed by atoms with E-state index < -0.39 is 12.2 Å². The van der Waals surface area contributed by atoms with Gasteiger partial charge in [0.2, 0.25) is 0 Å². The number of aliphatic hydroxyl groups is 2. The Morgan fingerprint density at radius 1 is 1.21 bits per heavy atom. The van der Waals surface area contributed by atoms with Gasteiger partial charge < -0.3 is 14.9 Å². The standard InChI is InChI=1S/C26H42O3/c1-17(2)12-14-29-19(4)23-10-11-24-20(7-6-13-26(23,24)5)8-9-21-15-22(27)16-25(28)18(21)3/h8-9,17,19,22-25,27-28H,3,6-7,10-16H2,1-2,4-5H3/t19-,22+,23+,24?,25-,26+/m0/s1. The van der Waals surface area contributed by atoms with Gasteiger partial charge in [-0.1, -0.05) is 45.1 Å². The van der Waals surface area contributed by atoms with Gasteiger partial charge in [-0.3, -0.25) is 0 Å². The van der Waals surface area contributed by atoms with Crippen LogP contribution in [0.2, 0.25) is 0 Å². The highest BCUT2D eigenvalue weighted by Crippen LogP contribution is 2.58. The van der Waals surface area contributed by atoms with Crippen molar-refractivity contribution in [2.75, 3.05) is 6.61 Å². The summed E-state index contributed by atoms with van der Waals surface area (Å²) in [5.41, 5.74) is 3.66. The van der Waals surface area contributed by atoms with E-state index in [4.69, 9.17) is 4.74 Å². The van der Waals surface area contributed by atoms with Gasteiger partial charge in [-0.15, -0.1) is 0 Å². The maximum Gasteiger partial charge on any atom is 0.0811 e. The Kier molecular flexibility index (Phi) is 7.46. The first-order chi connectivity index (χ1) is 13.7. The molecule has 0 aromatic heterocycles. The van der Waals surface area contributed by atoms with E-state index >= 15 is 0 Å². The smallest absolute Gasteiger partial charge is 0.0811 e. The third-order valence-corrected chi connectivity index (χ3v) is 7.94. The molecule has 3 saturated carbocycles. The lowest BCUT2D eigenvalue weighted by Gasteiger charge is -2.44. The molecule has 0 aromatic carbocycles. The van der Waals surface area contributed by atoms with E-state index in [1.807, 2.05) is 0 Å². The Labute approximate surface area is 177 Å². The zero-order chi connectivity index (χ0) is 21.2. The van der Waals surface area contributed by atoms with Crippen LogP contribution in [0, 0.1) is 23.2 Å². The van der Waals surface area contributed by atoms with Crippen molar-refractivity contribution in [2.24, 2.45) is 23.2 Å². The first-order valence-corrected chi connectivity index (χ1v) is 11.8. The summed E-state index contributed by atoms with van der Waals surface area (Å²) in [4.78, 5) is 0. The van der Waals surface area contributed by atoms with Crippen molar-refractivity contribution in [1.82, 2.24) is 0 Å². The van der Waals surface area contributed by atoms with E-state index in [0.29, 0.717) is 42.1 Å². The Morgan fingerprint density at radius 3 is 2.69 bits per heavy atom. The van der Waals surface area contributed by atoms with Crippen LogP contribution in [0.3, 0.4) is 0 Å². The third kappa shape index (κ3) is 5.06. The van der Waals surface area contributed by atoms with Gasteiger partial charge in [-0.05, 0) is 86.2 Å². The molecule has 0 bridgehead atoms. The number of aliphatic hydroxyl groups excluding tert-OH is 2. The Bertz CT molecular complexity index is 646. The van der Waals surface area contributed by atoms with E-state index in [1.165, 1.54) is 25.7 Å². The van der Waals surface area contributed by atoms with Crippen molar-refractivity contribution >= 4 is 0 Å². The minimum atomic E-state index is -0.611. The SMILES string of the molecule is C=C1C(=CC=C2CCC[C@@]3(C)C2CC[C@@H]3[C@H](C)OCCC(C)C)C[C@@H](O)C[C@@H]1O. The summed E-state index contributed by atoms with van der Waals surface area (Å²) in [5, 5.41) is 20.1. The summed E-state index contributed by atoms with van der Waals surface area (Å²) in [6.07, 6.45) is 12.0. The lowest BCUT2D eigenvalue weighted by atomic mass is 9.62. The molecule has 0 saturated heterocycles. The van der Waals surface area contributed by atoms with Crippen molar-refractivity contribution in [3.8, 4) is 0 Å². The molecule has 0 radical (unpaired) electrons. The summed E-state index contributed by atoms with van der Waals surface area (Å²) >= 11 is 0. The molecule has 3 fully saturated rings. The first kappa shape index (κ1) is 22.8. The van der Waals surface area contributed by atoms with Crippen molar-refractivity contribution in [1.29, 1.82) is 0 Å². The van der Waals surface area contributed by atoms with Crippen molar-refractivity contribution in [3.05, 3.63) is 35.5 Å². The molecule has 0 spiro atoms. The molecule has 3 aliphatic rings. The molecular weight excluding hydrogens is 360 g/mol. The van der Waals surface area contributed by atoms with E-state index in [0.717, 1.165) is 30.6 Å². The fourth-order valence-corrected chi connectivity index (χ4v) is 6.12. The number of hydrogen-bond acceptors (Lipinski definition) is 3. The highest BCUT2D eigenvalue weighted by atomic mass is 16.5. The number of fused-ring (bicyclic) bond motifs is 1. The Morgan fingerprint density at radius 2 is 1.97 bits per heavy atom. The average Bonchev–Trinajstić information content (AvgIpc) is 3.00. The summed E-state index contributed by atoms with van der Waals surface area (Å²) in [6, 6.07) is 0. The summed E-state index contributed by atoms with van der Waals surface area (Å²) < 4.78 is 6.28. The van der Waals surface area contributed by atoms with Crippen LogP contribution in [0.4, 0.5) is 0 Å². The minimum absolute atomic E-state index is 0.322. The zero-order valence-electron chi connectivity index (χ0n) is 19.0. The third-order valence-electron chi connectivity index (χ3n) is 7.94. The molecule has 0 aliphatic heterocycles. The van der Waals surface area contributed by atoms with Gasteiger partial charge in [0.05, 0.1) is 18.3 Å². The summed E-state index contributed by atoms with van der Waals surface area (Å²) in [7, 11) is 0. The van der Waals surface area contributed by atoms with Crippen LogP contribution in [-0.4, -0.2) is 35.1 Å². The molecule has 3 rings (SSSR count). The quantitative estimate of drug-likeness (QED) is 0.610. The number of ether oxygens (including phenoxy) is 1. The van der Waals surface area contributed by atoms with Crippen LogP contribution < -0.4 is 0 Å². The maximum atomic E-state index is 10.1. The van der Waals surface area contributed by atoms with Crippen LogP contribution >= 0.6 is 0 Å². The second-order valence-electron chi connectivity index (χ2n) is 10.4. The van der Waals surface area contributed by atoms with E-state index in [1.54, 1.807) is 5.57 Å². The molecule has 29 heavy (non-hydrogen) atoms. The number of rotatable bonds is 6. The van der Waals surface area contributed by atoms with Crippen LogP contribution in [0.15, 0.2) is 35.5 Å². The lowest BCUT2D eigenvalue weighted by molar-refractivity contribution is -0.0279. The monoisotopic (exact) mass is 402 g/mol. The minimum Gasteiger partial charge on any atom is -0.393 e. The Hall–Kier alpha value is -0.900. The topological polar surface area (TPSA) is 49.7 Å². The largest absolute Gasteiger partial charge is 0.393 e. The van der Waals surface area contributed by atoms with Gasteiger partial charge in [0, 0.05) is 13.0 Å². The lowest BCUT2D eigenvalue weighted by Crippen LogP contribution is -2.38. The van der Waals surface area contributed by atoms with Gasteiger partial charge >= 0.3 is 0 Å². The molecule has 0 amide bonds. The van der Waals surface area contributed by atoms with Crippen molar-refractivity contribution in [2.45, 2.75) is 97.4 Å². The van der Waals surface area contributed by atoms with Gasteiger partial charge in [0.15, 0.2) is 0 Å². The van der Waals surface area contributed by atoms with Gasteiger partial charge in [0.1, 0.15) is 0 Å². The molecular formula is C26H42O3. The maximum absolute atomic E-state index is 10.1. The van der Waals surface area contributed by atoms with Gasteiger partial charge in [-0.25, -0.2) is 0 Å². The van der Waals surface area contributed by atoms with Gasteiger partial charge in [-0.2, -0.15) is 0 Å². The highest BCUT2D eigenvalue weighted by Gasteiger charge is 2.51. The second kappa shape index (κ2) is 9.49. The fourth-order valence-electron chi connectivity index (χ4n) is 6.12. The highest BCUT2D eigenvalue weighted by molar-refractivity contribution is 5.38. The Balaban J connectivity index is 1.71. The molecule has 2 N–H and O–H groups in total. The predicted octanol–water partition coefficient (Wildman–Crippen LogP) is 5.58. The van der Waals surface area contributed by atoms with E-state index in [-0.39, 0.29) is 0 Å². The molecule has 0 aromatic rings. The first-order valence-electron chi connectivity index (χ1n) is 11.8. The molecule has 3 nitrogen and oxygen atoms in total. The van der Waals surface area contributed by atoms with Crippen LogP contribution in [0.25, 0.3) is 0 Å². The number of allylic oxidation sites excluding steroid dienone is 3. The van der Waals surface area contributed by atoms with Crippen molar-refractivity contribution < 1.29 is 14.9 Å². The van der Waals surface area contributed by atoms with Crippen LogP contribution in [0.1, 0.15) is 79.1 Å². The number of hydrogen-bond donors (Lipinski definition) is 2. The molecule has 6 atom stereocenters. The summed E-state index contributed by atoms with van der Waals surface area (Å²) in [6.45, 7) is 14.2. The molecule has 1 unspecified atom stereocenters. The van der Waals surface area contributed by atoms with Gasteiger partial charge in [0.25, 0.3) is 0 Å². The second-order valence-corrected chi connectivity index (χ2v) is 10.4. The molecule has 3 heteroatoms. The normalized spacial score (nSPS) is 39.3. The van der Waals surface area contributed by atoms with E-state index in [2.05, 4.69) is 46.4 Å². The molecule has 164 valence electrons. The van der Waals surface area contributed by atoms with Crippen LogP contribution in [0.5, 0.6) is 0 Å². The average molecular weight is 403 g/mol. The predicted molar refractivity (Wildman–Crippen MR) is 120 cm³/mol. The summed E-state index contributed by atoms with van der Waals surface area (Å²) in [5.74, 6) is 1.95. The van der Waals surface area contributed by atoms with E-state index in [9.17, 15) is 10.2 Å². The fraction of sp³-hybridized carbons (Fsp3) is 0.769. The zero-order valence-corrected chi connectivity index (χ0v) is 19.0. The molecule has 3 aliphatic carbocycles. The van der Waals surface area contributed by atoms with Crippen molar-refractivity contribution in [3.63, 3.8) is 0 Å². The van der Waals surface area contributed by atoms with Crippen LogP contribution in [-0.2, 0) is 4.74 Å².